The molecule has 3 aliphatic rings. The minimum Gasteiger partial charge on any atom is -0.478 e. The number of hydrogen-bond acceptors (Lipinski definition) is 11. The van der Waals surface area contributed by atoms with Crippen molar-refractivity contribution in [2.24, 2.45) is 11.8 Å². The van der Waals surface area contributed by atoms with E-state index in [0.717, 1.165) is 10.1 Å². The number of carbonyl (C=O) groups is 4. The molecule has 2 saturated heterocycles. The maximum atomic E-state index is 15.5. The SMILES string of the molecule is CC(C)CN(C(=O)C1=C(CCc2nccs2)N(c2ccccc2F)N(/C(=C/C(=O)O)C(=O)O)N1)[C@@H]1CNC[C@H](C(=O)N2CCOCC2)C1. The number of carbonyl (C=O) groups excluding carboxylic acids is 2. The summed E-state index contributed by atoms with van der Waals surface area (Å²) in [7, 11) is 0. The number of carboxylic acid groups (broad SMARTS) is 2. The van der Waals surface area contributed by atoms with Gasteiger partial charge in [-0.2, -0.15) is 5.12 Å². The Labute approximate surface area is 281 Å². The van der Waals surface area contributed by atoms with Crippen molar-refractivity contribution in [3.8, 4) is 0 Å². The van der Waals surface area contributed by atoms with Gasteiger partial charge in [-0.1, -0.05) is 26.0 Å². The fraction of sp³-hybridized carbons (Fsp3) is 0.469. The van der Waals surface area contributed by atoms with Crippen LogP contribution in [0.15, 0.2) is 59.0 Å². The number of anilines is 1. The molecule has 0 radical (unpaired) electrons. The molecule has 0 bridgehead atoms. The third kappa shape index (κ3) is 7.94. The summed E-state index contributed by atoms with van der Waals surface area (Å²) < 4.78 is 20.9. The highest BCUT2D eigenvalue weighted by Crippen LogP contribution is 2.35. The molecule has 2 atom stereocenters. The number of amides is 2. The van der Waals surface area contributed by atoms with Gasteiger partial charge in [0.05, 0.1) is 35.9 Å². The van der Waals surface area contributed by atoms with E-state index in [4.69, 9.17) is 4.74 Å². The Morgan fingerprint density at radius 3 is 2.54 bits per heavy atom. The van der Waals surface area contributed by atoms with E-state index in [0.29, 0.717) is 64.9 Å². The molecule has 5 rings (SSSR count). The molecule has 258 valence electrons. The second kappa shape index (κ2) is 15.6. The Morgan fingerprint density at radius 2 is 1.90 bits per heavy atom. The van der Waals surface area contributed by atoms with Crippen LogP contribution in [0.5, 0.6) is 0 Å². The monoisotopic (exact) mass is 685 g/mol. The lowest BCUT2D eigenvalue weighted by Gasteiger charge is -2.40. The average molecular weight is 686 g/mol. The van der Waals surface area contributed by atoms with Crippen LogP contribution in [0.1, 0.15) is 31.7 Å². The highest BCUT2D eigenvalue weighted by molar-refractivity contribution is 7.09. The van der Waals surface area contributed by atoms with Crippen molar-refractivity contribution in [1.82, 2.24) is 30.6 Å². The summed E-state index contributed by atoms with van der Waals surface area (Å²) in [5, 5.41) is 27.6. The van der Waals surface area contributed by atoms with E-state index in [1.165, 1.54) is 34.5 Å². The standard InChI is InChI=1S/C32H40FN7O7S/c1-20(2)19-38(22-15-21(17-34-18-22)30(43)37-10-12-47-13-11-37)31(44)29-25(7-8-27-35-9-14-48-27)39(24-6-4-3-5-23(24)33)40(36-29)26(32(45)46)16-28(41)42/h3-6,9,14,16,20-22,34,36H,7-8,10-13,15,17-19H2,1-2H3,(H,41,42)(H,45,46)/b26-16+/t21-,22+/m1/s1. The maximum Gasteiger partial charge on any atom is 0.356 e. The summed E-state index contributed by atoms with van der Waals surface area (Å²) in [5.41, 5.74) is 2.22. The number of benzene rings is 1. The van der Waals surface area contributed by atoms with E-state index in [1.807, 2.05) is 13.8 Å². The molecule has 1 aromatic carbocycles. The van der Waals surface area contributed by atoms with Crippen molar-refractivity contribution < 1.29 is 38.5 Å². The van der Waals surface area contributed by atoms with Crippen molar-refractivity contribution in [1.29, 1.82) is 0 Å². The van der Waals surface area contributed by atoms with Gasteiger partial charge < -0.3 is 30.1 Å². The van der Waals surface area contributed by atoms with Crippen LogP contribution in [-0.4, -0.2) is 106 Å². The third-order valence-electron chi connectivity index (χ3n) is 8.29. The zero-order valence-corrected chi connectivity index (χ0v) is 27.6. The van der Waals surface area contributed by atoms with Gasteiger partial charge in [0.25, 0.3) is 5.91 Å². The molecular formula is C32H40FN7O7S. The average Bonchev–Trinajstić information content (AvgIpc) is 3.73. The minimum absolute atomic E-state index is 0.00315. The molecule has 4 heterocycles. The predicted molar refractivity (Wildman–Crippen MR) is 173 cm³/mol. The van der Waals surface area contributed by atoms with Gasteiger partial charge >= 0.3 is 11.9 Å². The zero-order chi connectivity index (χ0) is 34.4. The van der Waals surface area contributed by atoms with Crippen LogP contribution < -0.4 is 15.8 Å². The number of morpholine rings is 1. The number of nitrogens with zero attached hydrogens (tertiary/aromatic N) is 5. The molecule has 0 spiro atoms. The number of thiazole rings is 1. The van der Waals surface area contributed by atoms with Crippen LogP contribution in [0.25, 0.3) is 0 Å². The van der Waals surface area contributed by atoms with E-state index in [1.54, 1.807) is 27.4 Å². The largest absolute Gasteiger partial charge is 0.478 e. The lowest BCUT2D eigenvalue weighted by molar-refractivity contribution is -0.142. The van der Waals surface area contributed by atoms with Gasteiger partial charge in [0.15, 0.2) is 5.70 Å². The van der Waals surface area contributed by atoms with E-state index in [-0.39, 0.29) is 41.2 Å². The van der Waals surface area contributed by atoms with Crippen molar-refractivity contribution in [2.45, 2.75) is 39.2 Å². The number of piperidine rings is 1. The van der Waals surface area contributed by atoms with E-state index < -0.39 is 35.4 Å². The van der Waals surface area contributed by atoms with Crippen molar-refractivity contribution >= 4 is 40.8 Å². The van der Waals surface area contributed by atoms with Crippen molar-refractivity contribution in [3.05, 3.63) is 69.8 Å². The first kappa shape index (κ1) is 34.8. The summed E-state index contributed by atoms with van der Waals surface area (Å²) in [6.45, 7) is 7.08. The van der Waals surface area contributed by atoms with Crippen molar-refractivity contribution in [2.75, 3.05) is 50.9 Å². The quantitative estimate of drug-likeness (QED) is 0.241. The number of nitrogens with one attached hydrogen (secondary N) is 2. The summed E-state index contributed by atoms with van der Waals surface area (Å²) in [5.74, 6) is -4.72. The minimum atomic E-state index is -1.61. The molecule has 2 fully saturated rings. The summed E-state index contributed by atoms with van der Waals surface area (Å²) in [4.78, 5) is 60.3. The predicted octanol–water partition coefficient (Wildman–Crippen LogP) is 2.04. The van der Waals surface area contributed by atoms with Gasteiger partial charge in [0.1, 0.15) is 17.2 Å². The number of carboxylic acids is 2. The fourth-order valence-corrected chi connectivity index (χ4v) is 6.77. The molecule has 0 saturated carbocycles. The van der Waals surface area contributed by atoms with Crippen LogP contribution in [0.3, 0.4) is 0 Å². The first-order valence-corrected chi connectivity index (χ1v) is 16.7. The number of aliphatic carboxylic acids is 2. The Morgan fingerprint density at radius 1 is 1.15 bits per heavy atom. The van der Waals surface area contributed by atoms with Gasteiger partial charge in [-0.15, -0.1) is 11.3 Å². The molecule has 4 N–H and O–H groups in total. The summed E-state index contributed by atoms with van der Waals surface area (Å²) in [6, 6.07) is 5.23. The Hall–Kier alpha value is -4.54. The lowest BCUT2D eigenvalue weighted by Crippen LogP contribution is -2.56. The Balaban J connectivity index is 1.56. The number of aromatic nitrogens is 1. The molecule has 0 aliphatic carbocycles. The number of rotatable bonds is 12. The van der Waals surface area contributed by atoms with Crippen LogP contribution in [0.2, 0.25) is 0 Å². The fourth-order valence-electron chi connectivity index (χ4n) is 6.15. The number of para-hydroxylation sites is 1. The molecule has 2 amide bonds. The molecule has 2 aromatic rings. The van der Waals surface area contributed by atoms with Gasteiger partial charge in [0, 0.05) is 56.8 Å². The highest BCUT2D eigenvalue weighted by atomic mass is 32.1. The van der Waals surface area contributed by atoms with Gasteiger partial charge in [-0.25, -0.2) is 24.0 Å². The summed E-state index contributed by atoms with van der Waals surface area (Å²) in [6.07, 6.45) is 2.99. The lowest BCUT2D eigenvalue weighted by atomic mass is 9.92. The van der Waals surface area contributed by atoms with E-state index in [9.17, 15) is 29.4 Å². The van der Waals surface area contributed by atoms with Gasteiger partial charge in [0.2, 0.25) is 5.91 Å². The molecular weight excluding hydrogens is 645 g/mol. The van der Waals surface area contributed by atoms with Crippen LogP contribution in [-0.2, 0) is 30.3 Å². The number of allylic oxidation sites excluding steroid dienone is 1. The molecule has 14 nitrogen and oxygen atoms in total. The van der Waals surface area contributed by atoms with E-state index in [2.05, 4.69) is 15.7 Å². The second-order valence-electron chi connectivity index (χ2n) is 12.1. The zero-order valence-electron chi connectivity index (χ0n) is 26.8. The van der Waals surface area contributed by atoms with E-state index >= 15 is 4.39 Å². The molecule has 0 unspecified atom stereocenters. The second-order valence-corrected chi connectivity index (χ2v) is 13.1. The smallest absolute Gasteiger partial charge is 0.356 e. The molecule has 3 aliphatic heterocycles. The van der Waals surface area contributed by atoms with Gasteiger partial charge in [-0.3, -0.25) is 15.0 Å². The molecule has 48 heavy (non-hydrogen) atoms. The maximum absolute atomic E-state index is 15.5. The van der Waals surface area contributed by atoms with Crippen LogP contribution in [0, 0.1) is 17.7 Å². The van der Waals surface area contributed by atoms with Gasteiger partial charge in [-0.05, 0) is 30.9 Å². The Bertz CT molecular complexity index is 1560. The topological polar surface area (TPSA) is 168 Å². The first-order chi connectivity index (χ1) is 23.0. The number of aryl methyl sites for hydroxylation is 1. The Kier molecular flexibility index (Phi) is 11.3. The number of hydrazine groups is 2. The number of hydrogen-bond donors (Lipinski definition) is 4. The highest BCUT2D eigenvalue weighted by Gasteiger charge is 2.43. The van der Waals surface area contributed by atoms with Crippen LogP contribution >= 0.6 is 11.3 Å². The molecule has 16 heteroatoms. The third-order valence-corrected chi connectivity index (χ3v) is 9.13. The molecule has 1 aromatic heterocycles. The number of ether oxygens (including phenoxy) is 1. The normalized spacial score (nSPS) is 20.2. The summed E-state index contributed by atoms with van der Waals surface area (Å²) >= 11 is 1.40. The number of halogens is 1. The first-order valence-electron chi connectivity index (χ1n) is 15.8. The van der Waals surface area contributed by atoms with Crippen molar-refractivity contribution in [3.63, 3.8) is 0 Å². The van der Waals surface area contributed by atoms with Crippen LogP contribution in [0.4, 0.5) is 10.1 Å².